The average molecular weight is 376 g/mol. The van der Waals surface area contributed by atoms with E-state index < -0.39 is 0 Å². The summed E-state index contributed by atoms with van der Waals surface area (Å²) < 4.78 is 0. The molecule has 0 fully saturated rings. The van der Waals surface area contributed by atoms with Gasteiger partial charge in [-0.15, -0.1) is 0 Å². The lowest BCUT2D eigenvalue weighted by Gasteiger charge is -2.27. The Labute approximate surface area is 167 Å². The SMILES string of the molecule is CCN(CC)CCNCCN=Cc1cc(C(C)(C)C)cc(C(C)(C)C)c1O. The van der Waals surface area contributed by atoms with Gasteiger partial charge in [-0.3, -0.25) is 4.99 Å². The highest BCUT2D eigenvalue weighted by molar-refractivity contribution is 5.85. The van der Waals surface area contributed by atoms with E-state index in [1.165, 1.54) is 5.56 Å². The molecule has 0 aliphatic carbocycles. The normalized spacial score (nSPS) is 13.1. The van der Waals surface area contributed by atoms with E-state index >= 15 is 0 Å². The fraction of sp³-hybridized carbons (Fsp3) is 0.696. The summed E-state index contributed by atoms with van der Waals surface area (Å²) in [5, 5.41) is 14.2. The fourth-order valence-corrected chi connectivity index (χ4v) is 2.97. The first-order valence-electron chi connectivity index (χ1n) is 10.3. The van der Waals surface area contributed by atoms with E-state index in [0.717, 1.165) is 43.9 Å². The first-order valence-corrected chi connectivity index (χ1v) is 10.3. The molecule has 0 heterocycles. The number of phenolic OH excluding ortho intramolecular Hbond substituents is 1. The van der Waals surface area contributed by atoms with E-state index in [0.29, 0.717) is 12.3 Å². The zero-order valence-electron chi connectivity index (χ0n) is 18.8. The number of likely N-dealkylation sites (N-methyl/N-ethyl adjacent to an activating group) is 1. The summed E-state index contributed by atoms with van der Waals surface area (Å²) in [5.74, 6) is 0.355. The molecule has 1 rings (SSSR count). The molecule has 0 aliphatic rings. The first-order chi connectivity index (χ1) is 12.5. The van der Waals surface area contributed by atoms with Crippen LogP contribution in [0.5, 0.6) is 5.75 Å². The summed E-state index contributed by atoms with van der Waals surface area (Å²) in [7, 11) is 0. The van der Waals surface area contributed by atoms with Crippen LogP contribution in [0, 0.1) is 0 Å². The van der Waals surface area contributed by atoms with E-state index in [4.69, 9.17) is 0 Å². The minimum absolute atomic E-state index is 0.0300. The van der Waals surface area contributed by atoms with Crippen molar-refractivity contribution in [1.29, 1.82) is 0 Å². The lowest BCUT2D eigenvalue weighted by molar-refractivity contribution is 0.303. The van der Waals surface area contributed by atoms with Gasteiger partial charge in [0.25, 0.3) is 0 Å². The molecule has 0 aromatic heterocycles. The largest absolute Gasteiger partial charge is 0.507 e. The maximum Gasteiger partial charge on any atom is 0.128 e. The van der Waals surface area contributed by atoms with Gasteiger partial charge < -0.3 is 15.3 Å². The Morgan fingerprint density at radius 3 is 2.15 bits per heavy atom. The number of nitrogens with one attached hydrogen (secondary N) is 1. The molecule has 0 unspecified atom stereocenters. The molecule has 0 atom stereocenters. The predicted molar refractivity (Wildman–Crippen MR) is 119 cm³/mol. The van der Waals surface area contributed by atoms with Crippen LogP contribution in [0.15, 0.2) is 17.1 Å². The Balaban J connectivity index is 2.77. The zero-order valence-corrected chi connectivity index (χ0v) is 18.8. The molecule has 0 saturated heterocycles. The third-order valence-corrected chi connectivity index (χ3v) is 4.96. The highest BCUT2D eigenvalue weighted by Crippen LogP contribution is 2.37. The van der Waals surface area contributed by atoms with E-state index in [-0.39, 0.29) is 10.8 Å². The molecule has 0 saturated carbocycles. The number of benzene rings is 1. The molecule has 0 spiro atoms. The molecule has 0 bridgehead atoms. The molecule has 27 heavy (non-hydrogen) atoms. The summed E-state index contributed by atoms with van der Waals surface area (Å²) in [6, 6.07) is 4.21. The number of nitrogens with zero attached hydrogens (tertiary/aromatic N) is 2. The Morgan fingerprint density at radius 2 is 1.63 bits per heavy atom. The third kappa shape index (κ3) is 7.63. The van der Waals surface area contributed by atoms with E-state index in [2.05, 4.69) is 82.7 Å². The Morgan fingerprint density at radius 1 is 1.00 bits per heavy atom. The van der Waals surface area contributed by atoms with Gasteiger partial charge >= 0.3 is 0 Å². The summed E-state index contributed by atoms with van der Waals surface area (Å²) in [5.41, 5.74) is 2.94. The third-order valence-electron chi connectivity index (χ3n) is 4.96. The van der Waals surface area contributed by atoms with Crippen LogP contribution in [0.25, 0.3) is 0 Å². The highest BCUT2D eigenvalue weighted by Gasteiger charge is 2.24. The highest BCUT2D eigenvalue weighted by atomic mass is 16.3. The molecule has 0 radical (unpaired) electrons. The second-order valence-corrected chi connectivity index (χ2v) is 9.27. The second-order valence-electron chi connectivity index (χ2n) is 9.27. The molecular formula is C23H41N3O. The van der Waals surface area contributed by atoms with Gasteiger partial charge in [-0.1, -0.05) is 61.5 Å². The van der Waals surface area contributed by atoms with Gasteiger partial charge in [0.15, 0.2) is 0 Å². The van der Waals surface area contributed by atoms with Crippen LogP contribution in [0.1, 0.15) is 72.1 Å². The number of hydrogen-bond donors (Lipinski definition) is 2. The molecule has 4 heteroatoms. The van der Waals surface area contributed by atoms with Gasteiger partial charge in [-0.2, -0.15) is 0 Å². The van der Waals surface area contributed by atoms with Gasteiger partial charge in [0.2, 0.25) is 0 Å². The fourth-order valence-electron chi connectivity index (χ4n) is 2.97. The smallest absolute Gasteiger partial charge is 0.128 e. The van der Waals surface area contributed by atoms with Crippen molar-refractivity contribution < 1.29 is 5.11 Å². The quantitative estimate of drug-likeness (QED) is 0.499. The molecule has 0 aliphatic heterocycles. The minimum atomic E-state index is -0.111. The van der Waals surface area contributed by atoms with Crippen molar-refractivity contribution in [2.24, 2.45) is 4.99 Å². The van der Waals surface area contributed by atoms with Gasteiger partial charge in [-0.05, 0) is 35.5 Å². The summed E-state index contributed by atoms with van der Waals surface area (Å²) in [4.78, 5) is 6.95. The van der Waals surface area contributed by atoms with Crippen molar-refractivity contribution in [3.05, 3.63) is 28.8 Å². The van der Waals surface area contributed by atoms with Crippen molar-refractivity contribution in [1.82, 2.24) is 10.2 Å². The van der Waals surface area contributed by atoms with Crippen LogP contribution in [0.2, 0.25) is 0 Å². The maximum atomic E-state index is 10.8. The van der Waals surface area contributed by atoms with Crippen molar-refractivity contribution >= 4 is 6.21 Å². The summed E-state index contributed by atoms with van der Waals surface area (Å²) in [6.07, 6.45) is 1.83. The monoisotopic (exact) mass is 375 g/mol. The standard InChI is InChI=1S/C23H41N3O/c1-9-26(10-2)14-13-24-11-12-25-17-18-15-19(22(3,4)5)16-20(21(18)27)23(6,7)8/h15-17,24,27H,9-14H2,1-8H3. The lowest BCUT2D eigenvalue weighted by Crippen LogP contribution is -2.32. The predicted octanol–water partition coefficient (Wildman–Crippen LogP) is 4.34. The van der Waals surface area contributed by atoms with Gasteiger partial charge in [-0.25, -0.2) is 0 Å². The summed E-state index contributed by atoms with van der Waals surface area (Å²) >= 11 is 0. The van der Waals surface area contributed by atoms with Crippen LogP contribution in [0.3, 0.4) is 0 Å². The van der Waals surface area contributed by atoms with Crippen molar-refractivity contribution in [3.63, 3.8) is 0 Å². The Hall–Kier alpha value is -1.39. The van der Waals surface area contributed by atoms with Crippen molar-refractivity contribution in [3.8, 4) is 5.75 Å². The van der Waals surface area contributed by atoms with E-state index in [1.807, 2.05) is 6.21 Å². The first kappa shape index (κ1) is 23.6. The summed E-state index contributed by atoms with van der Waals surface area (Å²) in [6.45, 7) is 23.2. The van der Waals surface area contributed by atoms with Crippen LogP contribution >= 0.6 is 0 Å². The molecule has 0 amide bonds. The Kier molecular flexibility index (Phi) is 8.97. The van der Waals surface area contributed by atoms with Crippen LogP contribution in [0.4, 0.5) is 0 Å². The molecule has 4 nitrogen and oxygen atoms in total. The Bertz CT molecular complexity index is 605. The number of phenols is 1. The van der Waals surface area contributed by atoms with Crippen LogP contribution in [-0.4, -0.2) is 55.5 Å². The molecular weight excluding hydrogens is 334 g/mol. The van der Waals surface area contributed by atoms with Gasteiger partial charge in [0.05, 0.1) is 6.54 Å². The van der Waals surface area contributed by atoms with Crippen LogP contribution in [-0.2, 0) is 10.8 Å². The molecule has 1 aromatic rings. The van der Waals surface area contributed by atoms with Crippen LogP contribution < -0.4 is 5.32 Å². The average Bonchev–Trinajstić information content (AvgIpc) is 2.56. The maximum absolute atomic E-state index is 10.8. The number of aromatic hydroxyl groups is 1. The zero-order chi connectivity index (χ0) is 20.7. The number of hydrogen-bond acceptors (Lipinski definition) is 4. The molecule has 154 valence electrons. The molecule has 2 N–H and O–H groups in total. The minimum Gasteiger partial charge on any atom is -0.507 e. The van der Waals surface area contributed by atoms with Crippen molar-refractivity contribution in [2.75, 3.05) is 39.3 Å². The van der Waals surface area contributed by atoms with Gasteiger partial charge in [0, 0.05) is 37.0 Å². The number of rotatable bonds is 9. The van der Waals surface area contributed by atoms with E-state index in [1.54, 1.807) is 0 Å². The number of aliphatic imine (C=N–C) groups is 1. The second kappa shape index (κ2) is 10.2. The van der Waals surface area contributed by atoms with E-state index in [9.17, 15) is 5.11 Å². The van der Waals surface area contributed by atoms with Gasteiger partial charge in [0.1, 0.15) is 5.75 Å². The molecule has 1 aromatic carbocycles. The topological polar surface area (TPSA) is 47.9 Å². The lowest BCUT2D eigenvalue weighted by atomic mass is 9.79. The van der Waals surface area contributed by atoms with Crippen molar-refractivity contribution in [2.45, 2.75) is 66.2 Å².